The molecule has 0 amide bonds. The van der Waals surface area contributed by atoms with Gasteiger partial charge in [-0.2, -0.15) is 0 Å². The first-order valence-corrected chi connectivity index (χ1v) is 10.5. The molecular weight excluding hydrogens is 360 g/mol. The van der Waals surface area contributed by atoms with Crippen molar-refractivity contribution < 1.29 is 0 Å². The average Bonchev–Trinajstić information content (AvgIpc) is 2.79. The van der Waals surface area contributed by atoms with Gasteiger partial charge in [0, 0.05) is 0 Å². The molecule has 0 saturated carbocycles. The third kappa shape index (κ3) is 1.62. The van der Waals surface area contributed by atoms with Gasteiger partial charge in [-0.1, -0.05) is 72.8 Å². The predicted octanol–water partition coefficient (Wildman–Crippen LogP) is 8.63. The Hall–Kier alpha value is -3.90. The summed E-state index contributed by atoms with van der Waals surface area (Å²) >= 11 is 0. The van der Waals surface area contributed by atoms with Gasteiger partial charge in [0.1, 0.15) is 0 Å². The molecule has 0 saturated heterocycles. The van der Waals surface area contributed by atoms with Crippen LogP contribution >= 0.6 is 0 Å². The molecule has 0 radical (unpaired) electrons. The van der Waals surface area contributed by atoms with Crippen molar-refractivity contribution in [3.63, 3.8) is 0 Å². The molecular formula is C30H16. The summed E-state index contributed by atoms with van der Waals surface area (Å²) in [6, 6.07) is 36.0. The van der Waals surface area contributed by atoms with Gasteiger partial charge in [0.15, 0.2) is 0 Å². The molecule has 0 atom stereocenters. The van der Waals surface area contributed by atoms with Crippen LogP contribution < -0.4 is 0 Å². The van der Waals surface area contributed by atoms with Crippen LogP contribution in [0, 0.1) is 0 Å². The molecule has 0 N–H and O–H groups in total. The Balaban J connectivity index is 1.70. The summed E-state index contributed by atoms with van der Waals surface area (Å²) in [5.41, 5.74) is 0. The average molecular weight is 376 g/mol. The topological polar surface area (TPSA) is 0 Å². The lowest BCUT2D eigenvalue weighted by Gasteiger charge is -2.23. The summed E-state index contributed by atoms with van der Waals surface area (Å²) in [6.07, 6.45) is 0. The van der Waals surface area contributed by atoms with E-state index in [4.69, 9.17) is 0 Å². The summed E-state index contributed by atoms with van der Waals surface area (Å²) in [5, 5.41) is 19.3. The first-order valence-electron chi connectivity index (χ1n) is 10.5. The van der Waals surface area contributed by atoms with Crippen molar-refractivity contribution in [1.29, 1.82) is 0 Å². The zero-order valence-corrected chi connectivity index (χ0v) is 16.2. The fourth-order valence-electron chi connectivity index (χ4n) is 5.80. The van der Waals surface area contributed by atoms with E-state index in [1.54, 1.807) is 0 Å². The third-order valence-corrected chi connectivity index (χ3v) is 7.06. The number of benzene rings is 8. The van der Waals surface area contributed by atoms with Crippen LogP contribution in [0.5, 0.6) is 0 Å². The minimum absolute atomic E-state index is 1.30. The van der Waals surface area contributed by atoms with Crippen molar-refractivity contribution in [2.45, 2.75) is 0 Å². The Labute approximate surface area is 172 Å². The molecule has 136 valence electrons. The molecule has 30 heavy (non-hydrogen) atoms. The van der Waals surface area contributed by atoms with Gasteiger partial charge in [0.25, 0.3) is 0 Å². The maximum absolute atomic E-state index is 2.42. The summed E-state index contributed by atoms with van der Waals surface area (Å²) in [6.45, 7) is 0. The van der Waals surface area contributed by atoms with Gasteiger partial charge in [0.05, 0.1) is 0 Å². The molecule has 0 nitrogen and oxygen atoms in total. The number of rotatable bonds is 0. The summed E-state index contributed by atoms with van der Waals surface area (Å²) in [5.74, 6) is 0. The molecule has 9 aromatic rings. The first-order chi connectivity index (χ1) is 14.9. The highest BCUT2D eigenvalue weighted by molar-refractivity contribution is 6.51. The van der Waals surface area contributed by atoms with E-state index in [0.29, 0.717) is 0 Å². The first kappa shape index (κ1) is 15.0. The Morgan fingerprint density at radius 1 is 0.267 bits per heavy atom. The molecule has 0 fully saturated rings. The summed E-state index contributed by atoms with van der Waals surface area (Å²) < 4.78 is 0. The normalized spacial score (nSPS) is 12.7. The van der Waals surface area contributed by atoms with Gasteiger partial charge in [-0.25, -0.2) is 0 Å². The molecule has 0 heteroatoms. The minimum Gasteiger partial charge on any atom is -0.0616 e. The Kier molecular flexibility index (Phi) is 2.49. The zero-order valence-electron chi connectivity index (χ0n) is 16.2. The van der Waals surface area contributed by atoms with Gasteiger partial charge in [0.2, 0.25) is 0 Å². The Morgan fingerprint density at radius 2 is 0.633 bits per heavy atom. The smallest absolute Gasteiger partial charge is 0.000740 e. The van der Waals surface area contributed by atoms with E-state index in [0.717, 1.165) is 0 Å². The van der Waals surface area contributed by atoms with Crippen LogP contribution in [0.25, 0.3) is 75.4 Å². The molecule has 0 heterocycles. The van der Waals surface area contributed by atoms with Crippen molar-refractivity contribution in [2.75, 3.05) is 0 Å². The van der Waals surface area contributed by atoms with Gasteiger partial charge < -0.3 is 0 Å². The highest BCUT2D eigenvalue weighted by Gasteiger charge is 2.23. The Morgan fingerprint density at radius 3 is 1.07 bits per heavy atom. The van der Waals surface area contributed by atoms with Crippen LogP contribution in [0.1, 0.15) is 0 Å². The van der Waals surface area contributed by atoms with Crippen LogP contribution in [-0.4, -0.2) is 0 Å². The number of hydrogen-bond donors (Lipinski definition) is 0. The van der Waals surface area contributed by atoms with Crippen molar-refractivity contribution in [1.82, 2.24) is 0 Å². The van der Waals surface area contributed by atoms with Crippen LogP contribution in [0.15, 0.2) is 97.1 Å². The molecule has 0 spiro atoms. The fraction of sp³-hybridized carbons (Fsp3) is 0. The second-order valence-corrected chi connectivity index (χ2v) is 8.54. The van der Waals surface area contributed by atoms with Gasteiger partial charge in [-0.15, -0.1) is 0 Å². The van der Waals surface area contributed by atoms with E-state index in [-0.39, 0.29) is 0 Å². The van der Waals surface area contributed by atoms with Crippen molar-refractivity contribution >= 4 is 75.4 Å². The molecule has 9 rings (SSSR count). The van der Waals surface area contributed by atoms with E-state index in [1.807, 2.05) is 0 Å². The SMILES string of the molecule is c1ccc2cc3cc4c(cc3cc2c1)c1c2ccccc2c4c2c3ccccc3c12. The van der Waals surface area contributed by atoms with Gasteiger partial charge >= 0.3 is 0 Å². The van der Waals surface area contributed by atoms with E-state index in [2.05, 4.69) is 97.1 Å². The van der Waals surface area contributed by atoms with Crippen molar-refractivity contribution in [3.8, 4) is 0 Å². The lowest BCUT2D eigenvalue weighted by atomic mass is 9.79. The van der Waals surface area contributed by atoms with E-state index in [9.17, 15) is 0 Å². The largest absolute Gasteiger partial charge is 0.0616 e. The quantitative estimate of drug-likeness (QED) is 0.232. The highest BCUT2D eigenvalue weighted by Crippen LogP contribution is 2.52. The monoisotopic (exact) mass is 376 g/mol. The lowest BCUT2D eigenvalue weighted by Crippen LogP contribution is -1.94. The van der Waals surface area contributed by atoms with Crippen molar-refractivity contribution in [2.24, 2.45) is 0 Å². The number of hydrogen-bond acceptors (Lipinski definition) is 0. The van der Waals surface area contributed by atoms with Crippen LogP contribution in [0.4, 0.5) is 0 Å². The second kappa shape index (κ2) is 4.98. The lowest BCUT2D eigenvalue weighted by molar-refractivity contribution is 1.79. The highest BCUT2D eigenvalue weighted by atomic mass is 14.2. The maximum Gasteiger partial charge on any atom is -0.000740 e. The van der Waals surface area contributed by atoms with Gasteiger partial charge in [-0.3, -0.25) is 0 Å². The second-order valence-electron chi connectivity index (χ2n) is 8.54. The zero-order chi connectivity index (χ0) is 19.4. The summed E-state index contributed by atoms with van der Waals surface area (Å²) in [7, 11) is 0. The van der Waals surface area contributed by atoms with E-state index >= 15 is 0 Å². The molecule has 0 aliphatic carbocycles. The Bertz CT molecular complexity index is 1800. The summed E-state index contributed by atoms with van der Waals surface area (Å²) in [4.78, 5) is 0. The third-order valence-electron chi connectivity index (χ3n) is 7.06. The van der Waals surface area contributed by atoms with E-state index in [1.165, 1.54) is 75.4 Å². The molecule has 0 aromatic heterocycles. The molecule has 0 aliphatic heterocycles. The maximum atomic E-state index is 2.42. The predicted molar refractivity (Wildman–Crippen MR) is 131 cm³/mol. The molecule has 0 aliphatic rings. The minimum atomic E-state index is 1.30. The van der Waals surface area contributed by atoms with Crippen LogP contribution in [0.2, 0.25) is 0 Å². The molecule has 0 unspecified atom stereocenters. The molecule has 2 bridgehead atoms. The standard InChI is InChI=1S/C30H16/c1-2-8-18-14-20-16-26-25(15-19(20)13-17(18)7-1)27-21-9-3-4-10-22(21)28(26)30-24-12-6-5-11-23(24)29(27)30/h1-16H. The van der Waals surface area contributed by atoms with E-state index < -0.39 is 0 Å². The number of fused-ring (bicyclic) bond motifs is 3. The molecule has 9 aromatic carbocycles. The van der Waals surface area contributed by atoms with Crippen LogP contribution in [0.3, 0.4) is 0 Å². The van der Waals surface area contributed by atoms with Gasteiger partial charge in [-0.05, 0) is 99.7 Å². The van der Waals surface area contributed by atoms with Crippen LogP contribution in [-0.2, 0) is 0 Å². The fourth-order valence-corrected chi connectivity index (χ4v) is 5.80. The van der Waals surface area contributed by atoms with Crippen molar-refractivity contribution in [3.05, 3.63) is 97.1 Å².